The lowest BCUT2D eigenvalue weighted by Crippen LogP contribution is -2.22. The van der Waals surface area contributed by atoms with Gasteiger partial charge in [-0.3, -0.25) is 4.79 Å². The van der Waals surface area contributed by atoms with E-state index in [4.69, 9.17) is 0 Å². The van der Waals surface area contributed by atoms with E-state index in [0.717, 1.165) is 17.7 Å². The van der Waals surface area contributed by atoms with Crippen LogP contribution in [0.5, 0.6) is 0 Å². The number of nitrogens with one attached hydrogen (secondary N) is 2. The highest BCUT2D eigenvalue weighted by Crippen LogP contribution is 2.21. The van der Waals surface area contributed by atoms with Gasteiger partial charge in [-0.2, -0.15) is 0 Å². The van der Waals surface area contributed by atoms with Gasteiger partial charge in [0.1, 0.15) is 11.6 Å². The van der Waals surface area contributed by atoms with E-state index in [-0.39, 0.29) is 11.9 Å². The molecule has 0 unspecified atom stereocenters. The first-order valence-electron chi connectivity index (χ1n) is 7.54. The molecule has 0 aromatic heterocycles. The Morgan fingerprint density at radius 1 is 1.17 bits per heavy atom. The fourth-order valence-corrected chi connectivity index (χ4v) is 2.46. The van der Waals surface area contributed by atoms with Crippen LogP contribution in [0.3, 0.4) is 0 Å². The van der Waals surface area contributed by atoms with Crippen molar-refractivity contribution in [3.05, 3.63) is 70.8 Å². The average molecular weight is 318 g/mol. The highest BCUT2D eigenvalue weighted by molar-refractivity contribution is 5.94. The summed E-state index contributed by atoms with van der Waals surface area (Å²) in [5, 5.41) is 5.79. The van der Waals surface area contributed by atoms with Gasteiger partial charge in [-0.1, -0.05) is 19.1 Å². The number of benzene rings is 2. The van der Waals surface area contributed by atoms with Crippen LogP contribution in [-0.4, -0.2) is 13.0 Å². The van der Waals surface area contributed by atoms with Gasteiger partial charge >= 0.3 is 0 Å². The van der Waals surface area contributed by atoms with Crippen molar-refractivity contribution in [2.45, 2.75) is 25.9 Å². The third-order valence-corrected chi connectivity index (χ3v) is 3.71. The fraction of sp³-hybridized carbons (Fsp3) is 0.278. The second-order valence-electron chi connectivity index (χ2n) is 5.29. The molecule has 0 saturated heterocycles. The highest BCUT2D eigenvalue weighted by Gasteiger charge is 2.15. The molecule has 0 bridgehead atoms. The molecule has 0 saturated carbocycles. The molecule has 3 nitrogen and oxygen atoms in total. The van der Waals surface area contributed by atoms with E-state index in [0.29, 0.717) is 24.1 Å². The normalized spacial score (nSPS) is 12.0. The van der Waals surface area contributed by atoms with Gasteiger partial charge in [-0.15, -0.1) is 0 Å². The standard InChI is InChI=1S/C18H20F2N2O/c1-3-17(15-10-14(19)7-8-16(15)20)22-11-12-5-4-6-13(9-12)18(23)21-2/h4-10,17,22H,3,11H2,1-2H3,(H,21,23)/t17-/m1/s1. The first-order valence-corrected chi connectivity index (χ1v) is 7.54. The monoisotopic (exact) mass is 318 g/mol. The number of halogens is 2. The molecule has 1 amide bonds. The van der Waals surface area contributed by atoms with E-state index in [1.807, 2.05) is 13.0 Å². The predicted molar refractivity (Wildman–Crippen MR) is 86.1 cm³/mol. The van der Waals surface area contributed by atoms with Gasteiger partial charge < -0.3 is 10.6 Å². The molecule has 0 heterocycles. The van der Waals surface area contributed by atoms with Crippen LogP contribution in [0.25, 0.3) is 0 Å². The van der Waals surface area contributed by atoms with Gasteiger partial charge in [0.15, 0.2) is 0 Å². The Morgan fingerprint density at radius 2 is 1.96 bits per heavy atom. The van der Waals surface area contributed by atoms with Crippen LogP contribution in [-0.2, 0) is 6.54 Å². The Kier molecular flexibility index (Phi) is 5.82. The fourth-order valence-electron chi connectivity index (χ4n) is 2.46. The van der Waals surface area contributed by atoms with Crippen LogP contribution < -0.4 is 10.6 Å². The Labute approximate surface area is 134 Å². The maximum absolute atomic E-state index is 13.9. The lowest BCUT2D eigenvalue weighted by Gasteiger charge is -2.18. The van der Waals surface area contributed by atoms with Gasteiger partial charge in [0.2, 0.25) is 0 Å². The Hall–Kier alpha value is -2.27. The Morgan fingerprint density at radius 3 is 2.65 bits per heavy atom. The first-order chi connectivity index (χ1) is 11.0. The molecule has 122 valence electrons. The molecule has 0 spiro atoms. The van der Waals surface area contributed by atoms with Crippen LogP contribution in [0.15, 0.2) is 42.5 Å². The van der Waals surface area contributed by atoms with Crippen molar-refractivity contribution >= 4 is 5.91 Å². The van der Waals surface area contributed by atoms with Crippen molar-refractivity contribution in [2.24, 2.45) is 0 Å². The molecule has 0 aliphatic heterocycles. The lowest BCUT2D eigenvalue weighted by atomic mass is 10.0. The largest absolute Gasteiger partial charge is 0.355 e. The molecule has 0 fully saturated rings. The zero-order valence-electron chi connectivity index (χ0n) is 13.2. The summed E-state index contributed by atoms with van der Waals surface area (Å²) in [4.78, 5) is 11.6. The molecule has 2 N–H and O–H groups in total. The predicted octanol–water partition coefficient (Wildman–Crippen LogP) is 3.57. The summed E-state index contributed by atoms with van der Waals surface area (Å²) >= 11 is 0. The Bertz CT molecular complexity index is 688. The van der Waals surface area contributed by atoms with Gasteiger partial charge in [0, 0.05) is 30.8 Å². The van der Waals surface area contributed by atoms with E-state index in [9.17, 15) is 13.6 Å². The third kappa shape index (κ3) is 4.36. The summed E-state index contributed by atoms with van der Waals surface area (Å²) in [5.41, 5.74) is 1.79. The van der Waals surface area contributed by atoms with Crippen molar-refractivity contribution < 1.29 is 13.6 Å². The van der Waals surface area contributed by atoms with E-state index < -0.39 is 11.6 Å². The molecule has 2 aromatic carbocycles. The van der Waals surface area contributed by atoms with E-state index in [1.165, 1.54) is 6.07 Å². The van der Waals surface area contributed by atoms with Crippen LogP contribution in [0, 0.1) is 11.6 Å². The van der Waals surface area contributed by atoms with Gasteiger partial charge in [-0.25, -0.2) is 8.78 Å². The van der Waals surface area contributed by atoms with Crippen LogP contribution >= 0.6 is 0 Å². The number of rotatable bonds is 6. The third-order valence-electron chi connectivity index (χ3n) is 3.71. The van der Waals surface area contributed by atoms with Crippen LogP contribution in [0.2, 0.25) is 0 Å². The minimum absolute atomic E-state index is 0.157. The van der Waals surface area contributed by atoms with Crippen LogP contribution in [0.4, 0.5) is 8.78 Å². The molecule has 0 aliphatic rings. The summed E-state index contributed by atoms with van der Waals surface area (Å²) in [6.45, 7) is 2.36. The van der Waals surface area contributed by atoms with Crippen molar-refractivity contribution in [1.29, 1.82) is 0 Å². The summed E-state index contributed by atoms with van der Waals surface area (Å²) in [7, 11) is 1.58. The molecular weight excluding hydrogens is 298 g/mol. The average Bonchev–Trinajstić information content (AvgIpc) is 2.58. The van der Waals surface area contributed by atoms with Crippen molar-refractivity contribution in [3.63, 3.8) is 0 Å². The maximum atomic E-state index is 13.9. The summed E-state index contributed by atoms with van der Waals surface area (Å²) in [5.74, 6) is -1.04. The summed E-state index contributed by atoms with van der Waals surface area (Å²) in [6.07, 6.45) is 0.621. The van der Waals surface area contributed by atoms with E-state index >= 15 is 0 Å². The highest BCUT2D eigenvalue weighted by atomic mass is 19.1. The SMILES string of the molecule is CC[C@@H](NCc1cccc(C(=O)NC)c1)c1cc(F)ccc1F. The summed E-state index contributed by atoms with van der Waals surface area (Å²) < 4.78 is 27.2. The van der Waals surface area contributed by atoms with Crippen molar-refractivity contribution in [3.8, 4) is 0 Å². The number of carbonyl (C=O) groups is 1. The quantitative estimate of drug-likeness (QED) is 0.855. The minimum Gasteiger partial charge on any atom is -0.355 e. The zero-order chi connectivity index (χ0) is 16.8. The molecular formula is C18H20F2N2O. The maximum Gasteiger partial charge on any atom is 0.251 e. The molecule has 0 aliphatic carbocycles. The molecule has 2 aromatic rings. The van der Waals surface area contributed by atoms with Crippen LogP contribution in [0.1, 0.15) is 40.9 Å². The molecule has 23 heavy (non-hydrogen) atoms. The number of carbonyl (C=O) groups excluding carboxylic acids is 1. The molecule has 5 heteroatoms. The number of hydrogen-bond donors (Lipinski definition) is 2. The zero-order valence-corrected chi connectivity index (χ0v) is 13.2. The lowest BCUT2D eigenvalue weighted by molar-refractivity contribution is 0.0963. The second kappa shape index (κ2) is 7.83. The van der Waals surface area contributed by atoms with Crippen molar-refractivity contribution in [2.75, 3.05) is 7.05 Å². The van der Waals surface area contributed by atoms with E-state index in [2.05, 4.69) is 10.6 Å². The second-order valence-corrected chi connectivity index (χ2v) is 5.29. The Balaban J connectivity index is 2.12. The van der Waals surface area contributed by atoms with Gasteiger partial charge in [0.25, 0.3) is 5.91 Å². The number of amides is 1. The summed E-state index contributed by atoms with van der Waals surface area (Å²) in [6, 6.07) is 10.4. The minimum atomic E-state index is -0.455. The topological polar surface area (TPSA) is 41.1 Å². The van der Waals surface area contributed by atoms with E-state index in [1.54, 1.807) is 25.2 Å². The first kappa shape index (κ1) is 17.1. The smallest absolute Gasteiger partial charge is 0.251 e. The van der Waals surface area contributed by atoms with Crippen molar-refractivity contribution in [1.82, 2.24) is 10.6 Å². The molecule has 1 atom stereocenters. The molecule has 0 radical (unpaired) electrons. The molecule has 2 rings (SSSR count). The van der Waals surface area contributed by atoms with Gasteiger partial charge in [-0.05, 0) is 42.3 Å². The van der Waals surface area contributed by atoms with Gasteiger partial charge in [0.05, 0.1) is 0 Å². The number of hydrogen-bond acceptors (Lipinski definition) is 2.